The van der Waals surface area contributed by atoms with E-state index in [0.717, 1.165) is 0 Å². The molecule has 0 heterocycles. The van der Waals surface area contributed by atoms with E-state index in [1.807, 2.05) is 0 Å². The van der Waals surface area contributed by atoms with Crippen molar-refractivity contribution in [2.24, 2.45) is 5.92 Å². The predicted octanol–water partition coefficient (Wildman–Crippen LogP) is 0.148. The van der Waals surface area contributed by atoms with E-state index in [0.29, 0.717) is 6.41 Å². The van der Waals surface area contributed by atoms with Gasteiger partial charge in [0.1, 0.15) is 12.7 Å². The van der Waals surface area contributed by atoms with Crippen LogP contribution in [0.2, 0.25) is 0 Å². The summed E-state index contributed by atoms with van der Waals surface area (Å²) in [7, 11) is 0. The van der Waals surface area contributed by atoms with E-state index in [4.69, 9.17) is 4.74 Å². The average Bonchev–Trinajstić information content (AvgIpc) is 2.22. The van der Waals surface area contributed by atoms with Gasteiger partial charge in [-0.3, -0.25) is 9.59 Å². The molecule has 0 fully saturated rings. The molecule has 1 atom stereocenters. The molecule has 0 aliphatic rings. The highest BCUT2D eigenvalue weighted by molar-refractivity contribution is 5.71. The maximum absolute atomic E-state index is 11.0. The number of ether oxygens (including phenoxy) is 1. The van der Waals surface area contributed by atoms with Crippen molar-refractivity contribution >= 4 is 12.4 Å². The van der Waals surface area contributed by atoms with Gasteiger partial charge >= 0.3 is 5.97 Å². The van der Waals surface area contributed by atoms with Crippen molar-refractivity contribution in [3.63, 3.8) is 0 Å². The number of hydrogen-bond donors (Lipinski definition) is 1. The number of hydrogen-bond acceptors (Lipinski definition) is 4. The Labute approximate surface area is 89.3 Å². The fourth-order valence-electron chi connectivity index (χ4n) is 0.802. The van der Waals surface area contributed by atoms with Crippen LogP contribution in [0, 0.1) is 5.92 Å². The maximum Gasteiger partial charge on any atom is 0.308 e. The molecule has 0 aromatic carbocycles. The van der Waals surface area contributed by atoms with Crippen molar-refractivity contribution in [2.75, 3.05) is 13.2 Å². The SMILES string of the molecule is C=CN(C=O)CC(O)COC(=O)C(C)C. The van der Waals surface area contributed by atoms with E-state index >= 15 is 0 Å². The topological polar surface area (TPSA) is 66.8 Å². The van der Waals surface area contributed by atoms with Crippen LogP contribution in [0.25, 0.3) is 0 Å². The molecule has 86 valence electrons. The van der Waals surface area contributed by atoms with Crippen LogP contribution in [-0.4, -0.2) is 41.6 Å². The van der Waals surface area contributed by atoms with E-state index in [2.05, 4.69) is 6.58 Å². The van der Waals surface area contributed by atoms with Crippen LogP contribution >= 0.6 is 0 Å². The Kier molecular flexibility index (Phi) is 6.37. The number of carbonyl (C=O) groups excluding carboxylic acids is 2. The first kappa shape index (κ1) is 13.6. The van der Waals surface area contributed by atoms with Gasteiger partial charge < -0.3 is 14.7 Å². The number of carbonyl (C=O) groups is 2. The monoisotopic (exact) mass is 215 g/mol. The number of rotatable bonds is 7. The third kappa shape index (κ3) is 5.85. The standard InChI is InChI=1S/C10H17NO4/c1-4-11(7-12)5-9(13)6-15-10(14)8(2)3/h4,7-9,13H,1,5-6H2,2-3H3. The van der Waals surface area contributed by atoms with E-state index in [1.165, 1.54) is 11.1 Å². The Morgan fingerprint density at radius 2 is 2.20 bits per heavy atom. The molecule has 1 N–H and O–H groups in total. The van der Waals surface area contributed by atoms with Gasteiger partial charge in [0.25, 0.3) is 0 Å². The normalized spacial score (nSPS) is 12.0. The lowest BCUT2D eigenvalue weighted by atomic mass is 10.2. The molecular weight excluding hydrogens is 198 g/mol. The van der Waals surface area contributed by atoms with Crippen molar-refractivity contribution in [2.45, 2.75) is 20.0 Å². The van der Waals surface area contributed by atoms with Crippen LogP contribution in [0.3, 0.4) is 0 Å². The molecule has 0 saturated heterocycles. The highest BCUT2D eigenvalue weighted by Crippen LogP contribution is 1.98. The van der Waals surface area contributed by atoms with E-state index in [9.17, 15) is 14.7 Å². The molecule has 0 aliphatic heterocycles. The smallest absolute Gasteiger partial charge is 0.308 e. The highest BCUT2D eigenvalue weighted by Gasteiger charge is 2.13. The first-order chi connectivity index (χ1) is 7.01. The number of esters is 1. The van der Waals surface area contributed by atoms with Crippen molar-refractivity contribution in [3.05, 3.63) is 12.8 Å². The zero-order valence-electron chi connectivity index (χ0n) is 9.05. The van der Waals surface area contributed by atoms with E-state index < -0.39 is 6.10 Å². The molecule has 1 unspecified atom stereocenters. The van der Waals surface area contributed by atoms with Crippen LogP contribution in [0.1, 0.15) is 13.8 Å². The fourth-order valence-corrected chi connectivity index (χ4v) is 0.802. The first-order valence-corrected chi connectivity index (χ1v) is 4.69. The van der Waals surface area contributed by atoms with Crippen molar-refractivity contribution in [1.82, 2.24) is 4.90 Å². The highest BCUT2D eigenvalue weighted by atomic mass is 16.5. The molecule has 15 heavy (non-hydrogen) atoms. The summed E-state index contributed by atoms with van der Waals surface area (Å²) >= 11 is 0. The van der Waals surface area contributed by atoms with Crippen LogP contribution in [0.5, 0.6) is 0 Å². The quantitative estimate of drug-likeness (QED) is 0.485. The maximum atomic E-state index is 11.0. The lowest BCUT2D eigenvalue weighted by Crippen LogP contribution is -2.32. The summed E-state index contributed by atoms with van der Waals surface area (Å²) in [6.45, 7) is 6.75. The summed E-state index contributed by atoms with van der Waals surface area (Å²) in [5, 5.41) is 9.39. The van der Waals surface area contributed by atoms with Crippen LogP contribution < -0.4 is 0 Å². The zero-order chi connectivity index (χ0) is 11.8. The first-order valence-electron chi connectivity index (χ1n) is 4.69. The minimum atomic E-state index is -0.893. The minimum Gasteiger partial charge on any atom is -0.463 e. The zero-order valence-corrected chi connectivity index (χ0v) is 9.05. The molecule has 0 aromatic rings. The van der Waals surface area contributed by atoms with Gasteiger partial charge in [0.05, 0.1) is 12.5 Å². The second kappa shape index (κ2) is 7.00. The van der Waals surface area contributed by atoms with Crippen molar-refractivity contribution in [3.8, 4) is 0 Å². The summed E-state index contributed by atoms with van der Waals surface area (Å²) in [6, 6.07) is 0. The summed E-state index contributed by atoms with van der Waals surface area (Å²) in [5.41, 5.74) is 0. The summed E-state index contributed by atoms with van der Waals surface area (Å²) in [4.78, 5) is 22.6. The predicted molar refractivity (Wildman–Crippen MR) is 54.8 cm³/mol. The molecule has 0 bridgehead atoms. The average molecular weight is 215 g/mol. The number of aliphatic hydroxyl groups is 1. The Balaban J connectivity index is 3.83. The second-order valence-electron chi connectivity index (χ2n) is 3.42. The number of nitrogens with zero attached hydrogens (tertiary/aromatic N) is 1. The molecule has 0 aromatic heterocycles. The van der Waals surface area contributed by atoms with Crippen molar-refractivity contribution < 1.29 is 19.4 Å². The molecule has 0 spiro atoms. The van der Waals surface area contributed by atoms with Gasteiger partial charge in [-0.2, -0.15) is 0 Å². The van der Waals surface area contributed by atoms with Crippen molar-refractivity contribution in [1.29, 1.82) is 0 Å². The van der Waals surface area contributed by atoms with Crippen LogP contribution in [-0.2, 0) is 14.3 Å². The van der Waals surface area contributed by atoms with Gasteiger partial charge in [0, 0.05) is 0 Å². The number of amides is 1. The van der Waals surface area contributed by atoms with Gasteiger partial charge in [0.2, 0.25) is 6.41 Å². The van der Waals surface area contributed by atoms with E-state index in [1.54, 1.807) is 13.8 Å². The lowest BCUT2D eigenvalue weighted by Gasteiger charge is -2.17. The molecule has 1 amide bonds. The lowest BCUT2D eigenvalue weighted by molar-refractivity contribution is -0.150. The van der Waals surface area contributed by atoms with Gasteiger partial charge in [0.15, 0.2) is 0 Å². The third-order valence-electron chi connectivity index (χ3n) is 1.68. The molecular formula is C10H17NO4. The molecule has 0 radical (unpaired) electrons. The molecule has 5 heteroatoms. The summed E-state index contributed by atoms with van der Waals surface area (Å²) < 4.78 is 4.79. The molecule has 0 rings (SSSR count). The summed E-state index contributed by atoms with van der Waals surface area (Å²) in [5.74, 6) is -0.593. The van der Waals surface area contributed by atoms with Crippen LogP contribution in [0.15, 0.2) is 12.8 Å². The van der Waals surface area contributed by atoms with Gasteiger partial charge in [-0.1, -0.05) is 20.4 Å². The van der Waals surface area contributed by atoms with Gasteiger partial charge in [-0.25, -0.2) is 0 Å². The Morgan fingerprint density at radius 1 is 1.60 bits per heavy atom. The fraction of sp³-hybridized carbons (Fsp3) is 0.600. The molecule has 0 saturated carbocycles. The van der Waals surface area contributed by atoms with Gasteiger partial charge in [-0.05, 0) is 6.20 Å². The minimum absolute atomic E-state index is 0.0678. The van der Waals surface area contributed by atoms with Gasteiger partial charge in [-0.15, -0.1) is 0 Å². The third-order valence-corrected chi connectivity index (χ3v) is 1.68. The number of aliphatic hydroxyl groups excluding tert-OH is 1. The Bertz CT molecular complexity index is 219. The summed E-state index contributed by atoms with van der Waals surface area (Å²) in [6.07, 6.45) is 0.942. The Hall–Kier alpha value is -1.36. The molecule has 0 aliphatic carbocycles. The second-order valence-corrected chi connectivity index (χ2v) is 3.42. The van der Waals surface area contributed by atoms with E-state index in [-0.39, 0.29) is 25.0 Å². The largest absolute Gasteiger partial charge is 0.463 e. The van der Waals surface area contributed by atoms with Crippen LogP contribution in [0.4, 0.5) is 0 Å². The molecule has 5 nitrogen and oxygen atoms in total. The Morgan fingerprint density at radius 3 is 2.60 bits per heavy atom.